The normalized spacial score (nSPS) is 13.3. The third kappa shape index (κ3) is 5.97. The summed E-state index contributed by atoms with van der Waals surface area (Å²) in [6.07, 6.45) is 0.735. The number of hydrogen-bond donors (Lipinski definition) is 3. The average molecular weight is 569 g/mol. The molecule has 0 bridgehead atoms. The van der Waals surface area contributed by atoms with Gasteiger partial charge in [0.2, 0.25) is 0 Å². The number of carbonyl (C=O) groups is 1. The smallest absolute Gasteiger partial charge is 0.316 e. The Labute approximate surface area is 247 Å². The Balaban J connectivity index is 1.65. The van der Waals surface area contributed by atoms with Gasteiger partial charge in [-0.3, -0.25) is 0 Å². The molecule has 4 aromatic rings. The van der Waals surface area contributed by atoms with Gasteiger partial charge in [0.25, 0.3) is 0 Å². The van der Waals surface area contributed by atoms with Crippen molar-refractivity contribution < 1.29 is 14.6 Å². The van der Waals surface area contributed by atoms with Crippen LogP contribution in [0.3, 0.4) is 0 Å². The zero-order valence-electron chi connectivity index (χ0n) is 25.2. The fourth-order valence-corrected chi connectivity index (χ4v) is 5.32. The number of carbonyl (C=O) groups excluding carboxylic acids is 1. The monoisotopic (exact) mass is 568 g/mol. The van der Waals surface area contributed by atoms with Gasteiger partial charge in [-0.1, -0.05) is 44.2 Å². The Kier molecular flexibility index (Phi) is 7.97. The van der Waals surface area contributed by atoms with E-state index in [4.69, 9.17) is 20.6 Å². The van der Waals surface area contributed by atoms with Crippen molar-refractivity contribution in [3.63, 3.8) is 0 Å². The predicted molar refractivity (Wildman–Crippen MR) is 166 cm³/mol. The maximum absolute atomic E-state index is 11.4. The molecule has 1 aliphatic heterocycles. The van der Waals surface area contributed by atoms with Crippen molar-refractivity contribution in [2.24, 2.45) is 11.7 Å². The first-order valence-electron chi connectivity index (χ1n) is 14.4. The van der Waals surface area contributed by atoms with Crippen molar-refractivity contribution in [2.75, 3.05) is 23.4 Å². The molecule has 1 aliphatic rings. The van der Waals surface area contributed by atoms with Crippen LogP contribution in [0.4, 0.5) is 16.3 Å². The van der Waals surface area contributed by atoms with Crippen molar-refractivity contribution in [2.45, 2.75) is 60.1 Å². The number of para-hydroxylation sites is 1. The van der Waals surface area contributed by atoms with Crippen molar-refractivity contribution in [1.29, 1.82) is 0 Å². The fourth-order valence-electron chi connectivity index (χ4n) is 5.32. The van der Waals surface area contributed by atoms with E-state index < -0.39 is 11.6 Å². The first-order chi connectivity index (χ1) is 19.9. The lowest BCUT2D eigenvalue weighted by molar-refractivity contribution is 0.0739. The number of aliphatic hydroxyl groups is 1. The molecule has 0 aliphatic carbocycles. The molecule has 0 radical (unpaired) electrons. The van der Waals surface area contributed by atoms with Gasteiger partial charge < -0.3 is 25.8 Å². The van der Waals surface area contributed by atoms with E-state index in [0.29, 0.717) is 30.5 Å². The van der Waals surface area contributed by atoms with Gasteiger partial charge in [-0.25, -0.2) is 14.5 Å². The van der Waals surface area contributed by atoms with Gasteiger partial charge in [0.1, 0.15) is 22.9 Å². The largest absolute Gasteiger partial charge is 0.491 e. The van der Waals surface area contributed by atoms with E-state index in [-0.39, 0.29) is 0 Å². The minimum Gasteiger partial charge on any atom is -0.491 e. The highest BCUT2D eigenvalue weighted by Gasteiger charge is 2.30. The third-order valence-electron chi connectivity index (χ3n) is 7.44. The number of urea groups is 1. The van der Waals surface area contributed by atoms with Crippen LogP contribution in [0.5, 0.6) is 5.75 Å². The van der Waals surface area contributed by atoms with Crippen molar-refractivity contribution in [1.82, 2.24) is 14.8 Å². The second-order valence-electron chi connectivity index (χ2n) is 11.9. The Morgan fingerprint density at radius 2 is 1.83 bits per heavy atom. The minimum absolute atomic E-state index is 0.373. The molecule has 0 unspecified atom stereocenters. The fraction of sp³-hybridized carbons (Fsp3) is 0.364. The number of ether oxygens (including phenoxy) is 1. The number of anilines is 2. The number of nitrogens with one attached hydrogen (secondary N) is 1. The van der Waals surface area contributed by atoms with E-state index in [9.17, 15) is 9.90 Å². The van der Waals surface area contributed by atoms with Crippen molar-refractivity contribution >= 4 is 17.5 Å². The third-order valence-corrected chi connectivity index (χ3v) is 7.44. The molecule has 9 heteroatoms. The minimum atomic E-state index is -1.04. The van der Waals surface area contributed by atoms with E-state index in [1.54, 1.807) is 13.8 Å². The zero-order valence-corrected chi connectivity index (χ0v) is 25.2. The molecule has 3 heterocycles. The van der Waals surface area contributed by atoms with Gasteiger partial charge in [0, 0.05) is 36.3 Å². The topological polar surface area (TPSA) is 119 Å². The molecular weight excluding hydrogens is 528 g/mol. The van der Waals surface area contributed by atoms with Crippen LogP contribution in [0.15, 0.2) is 54.6 Å². The van der Waals surface area contributed by atoms with Crippen LogP contribution in [-0.2, 0) is 18.6 Å². The van der Waals surface area contributed by atoms with Crippen LogP contribution >= 0.6 is 0 Å². The first kappa shape index (κ1) is 29.1. The standard InChI is InChI=1S/C33H40N6O3/c1-20(2)19-42-27-9-7-8-21(3)29(27)39-30(23-11-13-24(14-12-23)35-32(34)40)25-18-38(17-16-26(25)37-39)31-22(4)10-15-28(36-31)33(5,6)41/h7-15,20,41H,16-19H2,1-6H3,(H3,34,35,40). The number of rotatable bonds is 8. The summed E-state index contributed by atoms with van der Waals surface area (Å²) in [6.45, 7) is 13.8. The van der Waals surface area contributed by atoms with Gasteiger partial charge in [-0.15, -0.1) is 0 Å². The SMILES string of the molecule is Cc1ccc(C(C)(C)O)nc1N1CCc2nn(-c3c(C)cccc3OCC(C)C)c(-c3ccc(NC(N)=O)cc3)c2C1. The van der Waals surface area contributed by atoms with Crippen LogP contribution in [0, 0.1) is 19.8 Å². The number of pyridine rings is 1. The van der Waals surface area contributed by atoms with Crippen molar-refractivity contribution in [3.8, 4) is 22.7 Å². The maximum Gasteiger partial charge on any atom is 0.316 e. The molecule has 4 N–H and O–H groups in total. The highest BCUT2D eigenvalue weighted by Crippen LogP contribution is 2.38. The number of amides is 2. The number of aromatic nitrogens is 3. The van der Waals surface area contributed by atoms with E-state index in [0.717, 1.165) is 63.9 Å². The van der Waals surface area contributed by atoms with Crippen LogP contribution in [-0.4, -0.2) is 39.1 Å². The van der Waals surface area contributed by atoms with E-state index in [1.807, 2.05) is 60.1 Å². The molecular formula is C33H40N6O3. The summed E-state index contributed by atoms with van der Waals surface area (Å²) in [5.41, 5.74) is 12.6. The van der Waals surface area contributed by atoms with E-state index >= 15 is 0 Å². The molecule has 9 nitrogen and oxygen atoms in total. The van der Waals surface area contributed by atoms with Crippen LogP contribution in [0.25, 0.3) is 16.9 Å². The average Bonchev–Trinajstić information content (AvgIpc) is 3.29. The van der Waals surface area contributed by atoms with Gasteiger partial charge in [0.05, 0.1) is 23.7 Å². The molecule has 2 amide bonds. The molecule has 5 rings (SSSR count). The molecule has 0 fully saturated rings. The highest BCUT2D eigenvalue weighted by molar-refractivity contribution is 5.88. The quantitative estimate of drug-likeness (QED) is 0.245. The predicted octanol–water partition coefficient (Wildman–Crippen LogP) is 5.87. The molecule has 2 aromatic heterocycles. The van der Waals surface area contributed by atoms with E-state index in [1.165, 1.54) is 0 Å². The molecule has 2 aromatic carbocycles. The zero-order chi connectivity index (χ0) is 30.2. The lowest BCUT2D eigenvalue weighted by Gasteiger charge is -2.30. The van der Waals surface area contributed by atoms with Gasteiger partial charge in [0.15, 0.2) is 0 Å². The second kappa shape index (κ2) is 11.5. The summed E-state index contributed by atoms with van der Waals surface area (Å²) in [5, 5.41) is 18.5. The highest BCUT2D eigenvalue weighted by atomic mass is 16.5. The maximum atomic E-state index is 11.4. The molecule has 42 heavy (non-hydrogen) atoms. The summed E-state index contributed by atoms with van der Waals surface area (Å²) in [4.78, 5) is 18.6. The Morgan fingerprint density at radius 1 is 1.10 bits per heavy atom. The number of primary amides is 1. The first-order valence-corrected chi connectivity index (χ1v) is 14.4. The van der Waals surface area contributed by atoms with Crippen LogP contribution < -0.4 is 20.7 Å². The molecule has 0 spiro atoms. The van der Waals surface area contributed by atoms with E-state index in [2.05, 4.69) is 37.1 Å². The molecule has 0 saturated carbocycles. The summed E-state index contributed by atoms with van der Waals surface area (Å²) < 4.78 is 8.32. The number of hydrogen-bond acceptors (Lipinski definition) is 6. The van der Waals surface area contributed by atoms with Crippen LogP contribution in [0.1, 0.15) is 55.8 Å². The number of nitrogens with two attached hydrogens (primary N) is 1. The van der Waals surface area contributed by atoms with Crippen LogP contribution in [0.2, 0.25) is 0 Å². The molecule has 220 valence electrons. The lowest BCUT2D eigenvalue weighted by atomic mass is 9.99. The number of aryl methyl sites for hydroxylation is 2. The second-order valence-corrected chi connectivity index (χ2v) is 11.9. The lowest BCUT2D eigenvalue weighted by Crippen LogP contribution is -2.32. The summed E-state index contributed by atoms with van der Waals surface area (Å²) in [6, 6.07) is 17.0. The molecule has 0 saturated heterocycles. The molecule has 0 atom stereocenters. The summed E-state index contributed by atoms with van der Waals surface area (Å²) >= 11 is 0. The van der Waals surface area contributed by atoms with Gasteiger partial charge in [-0.05, 0) is 69.0 Å². The number of nitrogens with zero attached hydrogens (tertiary/aromatic N) is 4. The van der Waals surface area contributed by atoms with Crippen molar-refractivity contribution in [3.05, 3.63) is 82.7 Å². The Hall–Kier alpha value is -4.37. The van der Waals surface area contributed by atoms with Gasteiger partial charge >= 0.3 is 6.03 Å². The number of benzene rings is 2. The van der Waals surface area contributed by atoms with Gasteiger partial charge in [-0.2, -0.15) is 5.10 Å². The Morgan fingerprint density at radius 3 is 2.50 bits per heavy atom. The Bertz CT molecular complexity index is 1600. The summed E-state index contributed by atoms with van der Waals surface area (Å²) in [5.74, 6) is 2.01. The number of fused-ring (bicyclic) bond motifs is 1. The summed E-state index contributed by atoms with van der Waals surface area (Å²) in [7, 11) is 0.